The zero-order chi connectivity index (χ0) is 19.5. The second kappa shape index (κ2) is 6.30. The van der Waals surface area contributed by atoms with Gasteiger partial charge in [-0.25, -0.2) is 9.18 Å². The Labute approximate surface area is 154 Å². The van der Waals surface area contributed by atoms with Crippen LogP contribution >= 0.6 is 0 Å². The standard InChI is InChI=1S/C19H21F2N3O3/c1-9-16-12(10-2-3-10)4-13(19(26)27)18(25)24(16)7-14(21)17(9)23-6-11(5-20)15(22)8-23/h4,7,10-11,15H,2-3,5-6,8,22H2,1H3,(H,26,27)/t11-,15-/m1/s1. The van der Waals surface area contributed by atoms with E-state index in [2.05, 4.69) is 0 Å². The molecule has 1 saturated carbocycles. The van der Waals surface area contributed by atoms with E-state index in [0.29, 0.717) is 29.9 Å². The fraction of sp³-hybridized carbons (Fsp3) is 0.474. The number of aromatic nitrogens is 1. The van der Waals surface area contributed by atoms with Crippen LogP contribution in [0.25, 0.3) is 5.52 Å². The van der Waals surface area contributed by atoms with Crippen LogP contribution in [0.1, 0.15) is 40.2 Å². The predicted octanol–water partition coefficient (Wildman–Crippen LogP) is 2.06. The van der Waals surface area contributed by atoms with E-state index >= 15 is 0 Å². The minimum Gasteiger partial charge on any atom is -0.477 e. The van der Waals surface area contributed by atoms with Gasteiger partial charge >= 0.3 is 5.97 Å². The maximum atomic E-state index is 15.0. The third kappa shape index (κ3) is 2.79. The van der Waals surface area contributed by atoms with Crippen LogP contribution in [0, 0.1) is 18.7 Å². The highest BCUT2D eigenvalue weighted by atomic mass is 19.1. The lowest BCUT2D eigenvalue weighted by Gasteiger charge is -2.24. The predicted molar refractivity (Wildman–Crippen MR) is 96.9 cm³/mol. The molecule has 0 radical (unpaired) electrons. The fourth-order valence-corrected chi connectivity index (χ4v) is 4.13. The molecule has 0 bridgehead atoms. The maximum absolute atomic E-state index is 15.0. The Hall–Kier alpha value is -2.48. The van der Waals surface area contributed by atoms with Crippen LogP contribution in [0.3, 0.4) is 0 Å². The van der Waals surface area contributed by atoms with Gasteiger partial charge in [0.05, 0.1) is 24.1 Å². The molecule has 2 atom stereocenters. The summed E-state index contributed by atoms with van der Waals surface area (Å²) < 4.78 is 29.2. The van der Waals surface area contributed by atoms with Crippen molar-refractivity contribution in [2.24, 2.45) is 11.7 Å². The summed E-state index contributed by atoms with van der Waals surface area (Å²) in [4.78, 5) is 25.8. The van der Waals surface area contributed by atoms with Gasteiger partial charge in [-0.3, -0.25) is 13.6 Å². The van der Waals surface area contributed by atoms with Crippen molar-refractivity contribution in [1.29, 1.82) is 0 Å². The number of fused-ring (bicyclic) bond motifs is 1. The largest absolute Gasteiger partial charge is 0.477 e. The van der Waals surface area contributed by atoms with Gasteiger partial charge in [-0.15, -0.1) is 0 Å². The van der Waals surface area contributed by atoms with Gasteiger partial charge in [-0.1, -0.05) is 0 Å². The first-order chi connectivity index (χ1) is 12.8. The van der Waals surface area contributed by atoms with Crippen LogP contribution in [0.15, 0.2) is 17.1 Å². The van der Waals surface area contributed by atoms with Crippen molar-refractivity contribution in [3.63, 3.8) is 0 Å². The second-order valence-corrected chi connectivity index (χ2v) is 7.55. The van der Waals surface area contributed by atoms with Crippen LogP contribution in [0.2, 0.25) is 0 Å². The Balaban J connectivity index is 1.96. The zero-order valence-corrected chi connectivity index (χ0v) is 14.9. The summed E-state index contributed by atoms with van der Waals surface area (Å²) in [5.74, 6) is -2.16. The first-order valence-electron chi connectivity index (χ1n) is 9.01. The smallest absolute Gasteiger partial charge is 0.341 e. The van der Waals surface area contributed by atoms with Crippen molar-refractivity contribution in [1.82, 2.24) is 4.40 Å². The molecule has 27 heavy (non-hydrogen) atoms. The molecule has 144 valence electrons. The number of halogens is 2. The van der Waals surface area contributed by atoms with Crippen molar-refractivity contribution < 1.29 is 18.7 Å². The van der Waals surface area contributed by atoms with E-state index in [9.17, 15) is 23.5 Å². The number of carbonyl (C=O) groups is 1. The summed E-state index contributed by atoms with van der Waals surface area (Å²) in [5, 5.41) is 9.34. The van der Waals surface area contributed by atoms with Crippen molar-refractivity contribution in [3.05, 3.63) is 45.1 Å². The van der Waals surface area contributed by atoms with Crippen molar-refractivity contribution >= 4 is 17.2 Å². The third-order valence-electron chi connectivity index (χ3n) is 5.70. The van der Waals surface area contributed by atoms with E-state index in [0.717, 1.165) is 29.0 Å². The number of pyridine rings is 2. The van der Waals surface area contributed by atoms with Crippen LogP contribution in [0.5, 0.6) is 0 Å². The van der Waals surface area contributed by atoms with E-state index < -0.39 is 24.0 Å². The highest BCUT2D eigenvalue weighted by molar-refractivity contribution is 5.89. The molecular formula is C19H21F2N3O3. The second-order valence-electron chi connectivity index (χ2n) is 7.55. The number of aryl methyl sites for hydroxylation is 1. The van der Waals surface area contributed by atoms with Crippen molar-refractivity contribution in [3.8, 4) is 0 Å². The van der Waals surface area contributed by atoms with Gasteiger partial charge in [0.1, 0.15) is 5.56 Å². The molecule has 0 spiro atoms. The molecule has 6 nitrogen and oxygen atoms in total. The molecule has 8 heteroatoms. The summed E-state index contributed by atoms with van der Waals surface area (Å²) >= 11 is 0. The van der Waals surface area contributed by atoms with E-state index in [1.165, 1.54) is 6.07 Å². The number of hydrogen-bond donors (Lipinski definition) is 2. The van der Waals surface area contributed by atoms with E-state index in [-0.39, 0.29) is 23.4 Å². The Morgan fingerprint density at radius 2 is 2.07 bits per heavy atom. The summed E-state index contributed by atoms with van der Waals surface area (Å²) in [6, 6.07) is 1.04. The Morgan fingerprint density at radius 1 is 1.37 bits per heavy atom. The van der Waals surface area contributed by atoms with Gasteiger partial charge in [-0.2, -0.15) is 0 Å². The molecule has 2 aromatic rings. The molecule has 0 amide bonds. The molecule has 2 aliphatic rings. The highest BCUT2D eigenvalue weighted by Crippen LogP contribution is 2.44. The number of hydrogen-bond acceptors (Lipinski definition) is 4. The number of nitrogens with two attached hydrogens (primary N) is 1. The average Bonchev–Trinajstić information content (AvgIpc) is 3.38. The average molecular weight is 377 g/mol. The number of nitrogens with zero attached hydrogens (tertiary/aromatic N) is 2. The molecular weight excluding hydrogens is 356 g/mol. The molecule has 2 fully saturated rings. The van der Waals surface area contributed by atoms with Gasteiger partial charge in [0.2, 0.25) is 0 Å². The lowest BCUT2D eigenvalue weighted by molar-refractivity contribution is 0.0694. The van der Waals surface area contributed by atoms with Crippen molar-refractivity contribution in [2.45, 2.75) is 31.7 Å². The molecule has 2 aromatic heterocycles. The SMILES string of the molecule is Cc1c(N2C[C@@H](CF)[C@H](N)C2)c(F)cn2c(=O)c(C(=O)O)cc(C3CC3)c12. The first kappa shape index (κ1) is 17.9. The molecule has 1 saturated heterocycles. The van der Waals surface area contributed by atoms with Gasteiger partial charge < -0.3 is 15.7 Å². The van der Waals surface area contributed by atoms with Gasteiger partial charge in [0.25, 0.3) is 5.56 Å². The fourth-order valence-electron chi connectivity index (χ4n) is 4.13. The lowest BCUT2D eigenvalue weighted by Crippen LogP contribution is -2.31. The van der Waals surface area contributed by atoms with Crippen LogP contribution in [-0.4, -0.2) is 41.3 Å². The molecule has 0 unspecified atom stereocenters. The molecule has 1 aliphatic heterocycles. The van der Waals surface area contributed by atoms with Crippen LogP contribution < -0.4 is 16.2 Å². The molecule has 0 aromatic carbocycles. The summed E-state index contributed by atoms with van der Waals surface area (Å²) in [6.07, 6.45) is 2.85. The summed E-state index contributed by atoms with van der Waals surface area (Å²) in [7, 11) is 0. The highest BCUT2D eigenvalue weighted by Gasteiger charge is 2.34. The van der Waals surface area contributed by atoms with Crippen LogP contribution in [0.4, 0.5) is 14.5 Å². The normalized spacial score (nSPS) is 22.6. The van der Waals surface area contributed by atoms with Gasteiger partial charge in [0, 0.05) is 25.0 Å². The monoisotopic (exact) mass is 377 g/mol. The third-order valence-corrected chi connectivity index (χ3v) is 5.70. The minimum absolute atomic E-state index is 0.162. The summed E-state index contributed by atoms with van der Waals surface area (Å²) in [5.41, 5.74) is 7.01. The van der Waals surface area contributed by atoms with E-state index in [4.69, 9.17) is 5.73 Å². The Kier molecular flexibility index (Phi) is 4.18. The number of carboxylic acid groups (broad SMARTS) is 1. The van der Waals surface area contributed by atoms with Gasteiger partial charge in [-0.05, 0) is 42.9 Å². The molecule has 3 heterocycles. The number of anilines is 1. The van der Waals surface area contributed by atoms with E-state index in [1.54, 1.807) is 11.8 Å². The number of rotatable bonds is 4. The number of carboxylic acids is 1. The number of alkyl halides is 1. The minimum atomic E-state index is -1.32. The Bertz CT molecular complexity index is 1000. The maximum Gasteiger partial charge on any atom is 0.341 e. The summed E-state index contributed by atoms with van der Waals surface area (Å²) in [6.45, 7) is 1.79. The zero-order valence-electron chi connectivity index (χ0n) is 14.9. The van der Waals surface area contributed by atoms with E-state index in [1.807, 2.05) is 0 Å². The van der Waals surface area contributed by atoms with Crippen LogP contribution in [-0.2, 0) is 0 Å². The Morgan fingerprint density at radius 3 is 2.63 bits per heavy atom. The molecule has 1 aliphatic carbocycles. The van der Waals surface area contributed by atoms with Gasteiger partial charge in [0.15, 0.2) is 5.82 Å². The topological polar surface area (TPSA) is 88.0 Å². The first-order valence-corrected chi connectivity index (χ1v) is 9.01. The molecule has 3 N–H and O–H groups in total. The van der Waals surface area contributed by atoms with Crippen molar-refractivity contribution in [2.75, 3.05) is 24.7 Å². The lowest BCUT2D eigenvalue weighted by atomic mass is 10.0. The number of aromatic carboxylic acids is 1. The quantitative estimate of drug-likeness (QED) is 0.852. The molecule has 4 rings (SSSR count).